The first-order valence-corrected chi connectivity index (χ1v) is 4.08. The van der Waals surface area contributed by atoms with Crippen molar-refractivity contribution in [3.8, 4) is 0 Å². The van der Waals surface area contributed by atoms with Crippen molar-refractivity contribution in [1.82, 2.24) is 0 Å². The molecule has 0 atom stereocenters. The minimum Gasteiger partial charge on any atom is -0.438 e. The Labute approximate surface area is 78.6 Å². The Morgan fingerprint density at radius 2 is 2.33 bits per heavy atom. The number of anilines is 1. The lowest BCUT2D eigenvalue weighted by Crippen LogP contribution is -2.07. The summed E-state index contributed by atoms with van der Waals surface area (Å²) < 4.78 is 6.12. The average molecular weight is 233 g/mol. The molecular formula is C7H9BrN2O2. The molecule has 0 aliphatic carbocycles. The number of nitrogens with zero attached hydrogens (tertiary/aromatic N) is 2. The lowest BCUT2D eigenvalue weighted by atomic mass is 10.5. The summed E-state index contributed by atoms with van der Waals surface area (Å²) in [4.78, 5) is 1.82. The van der Waals surface area contributed by atoms with Crippen LogP contribution in [-0.2, 0) is 0 Å². The van der Waals surface area contributed by atoms with Crippen LogP contribution in [0, 0.1) is 0 Å². The van der Waals surface area contributed by atoms with E-state index in [9.17, 15) is 0 Å². The van der Waals surface area contributed by atoms with Crippen molar-refractivity contribution in [3.05, 3.63) is 16.3 Å². The van der Waals surface area contributed by atoms with Gasteiger partial charge in [-0.05, 0) is 15.9 Å². The molecular weight excluding hydrogens is 224 g/mol. The molecule has 0 fully saturated rings. The van der Waals surface area contributed by atoms with Crippen molar-refractivity contribution >= 4 is 28.0 Å². The molecule has 0 saturated heterocycles. The maximum absolute atomic E-state index is 8.24. The molecule has 66 valence electrons. The fraction of sp³-hybridized carbons (Fsp3) is 0.286. The molecule has 5 heteroatoms. The second kappa shape index (κ2) is 3.62. The van der Waals surface area contributed by atoms with Crippen molar-refractivity contribution in [2.24, 2.45) is 5.16 Å². The molecule has 0 aliphatic rings. The van der Waals surface area contributed by atoms with Crippen LogP contribution in [0.3, 0.4) is 0 Å². The highest BCUT2D eigenvalue weighted by atomic mass is 79.9. The molecule has 1 rings (SSSR count). The summed E-state index contributed by atoms with van der Waals surface area (Å²) in [5.74, 6) is 1.21. The standard InChI is InChI=1S/C7H9BrN2O2/c1-10(2)7-6(8)3-5(12-7)4-9-11/h3-4,11H,1-2H3. The van der Waals surface area contributed by atoms with Crippen LogP contribution < -0.4 is 4.90 Å². The first-order chi connectivity index (χ1) is 5.65. The molecule has 4 nitrogen and oxygen atoms in total. The third kappa shape index (κ3) is 1.79. The topological polar surface area (TPSA) is 49.0 Å². The molecule has 0 spiro atoms. The van der Waals surface area contributed by atoms with Gasteiger partial charge in [-0.3, -0.25) is 0 Å². The van der Waals surface area contributed by atoms with Crippen molar-refractivity contribution in [2.75, 3.05) is 19.0 Å². The third-order valence-corrected chi connectivity index (χ3v) is 1.85. The predicted octanol–water partition coefficient (Wildman–Crippen LogP) is 1.92. The molecule has 1 heterocycles. The zero-order valence-electron chi connectivity index (χ0n) is 6.78. The molecule has 0 aliphatic heterocycles. The van der Waals surface area contributed by atoms with Gasteiger partial charge < -0.3 is 14.5 Å². The van der Waals surface area contributed by atoms with Gasteiger partial charge in [0.25, 0.3) is 0 Å². The second-order valence-corrected chi connectivity index (χ2v) is 3.30. The van der Waals surface area contributed by atoms with Crippen LogP contribution in [0.15, 0.2) is 20.1 Å². The molecule has 1 aromatic rings. The molecule has 0 saturated carbocycles. The van der Waals surface area contributed by atoms with E-state index in [1.54, 1.807) is 6.07 Å². The third-order valence-electron chi connectivity index (χ3n) is 1.28. The van der Waals surface area contributed by atoms with Crippen LogP contribution in [0.1, 0.15) is 5.76 Å². The molecule has 0 aromatic carbocycles. The van der Waals surface area contributed by atoms with Crippen LogP contribution >= 0.6 is 15.9 Å². The van der Waals surface area contributed by atoms with Gasteiger partial charge in [-0.25, -0.2) is 0 Å². The van der Waals surface area contributed by atoms with Crippen LogP contribution in [0.2, 0.25) is 0 Å². The van der Waals surface area contributed by atoms with Crippen LogP contribution in [0.25, 0.3) is 0 Å². The molecule has 1 N–H and O–H groups in total. The smallest absolute Gasteiger partial charge is 0.210 e. The maximum Gasteiger partial charge on any atom is 0.210 e. The summed E-state index contributed by atoms with van der Waals surface area (Å²) in [6, 6.07) is 1.73. The Morgan fingerprint density at radius 1 is 1.67 bits per heavy atom. The highest BCUT2D eigenvalue weighted by Crippen LogP contribution is 2.27. The number of hydrogen-bond acceptors (Lipinski definition) is 4. The summed E-state index contributed by atoms with van der Waals surface area (Å²) >= 11 is 3.31. The van der Waals surface area contributed by atoms with Crippen molar-refractivity contribution < 1.29 is 9.62 Å². The highest BCUT2D eigenvalue weighted by molar-refractivity contribution is 9.10. The van der Waals surface area contributed by atoms with Crippen LogP contribution in [0.5, 0.6) is 0 Å². The van der Waals surface area contributed by atoms with Gasteiger partial charge in [0.15, 0.2) is 5.76 Å². The van der Waals surface area contributed by atoms with E-state index in [1.807, 2.05) is 19.0 Å². The number of hydrogen-bond donors (Lipinski definition) is 1. The predicted molar refractivity (Wildman–Crippen MR) is 50.1 cm³/mol. The lowest BCUT2D eigenvalue weighted by Gasteiger charge is -2.07. The van der Waals surface area contributed by atoms with Gasteiger partial charge >= 0.3 is 0 Å². The summed E-state index contributed by atoms with van der Waals surface area (Å²) in [6.07, 6.45) is 1.23. The molecule has 0 unspecified atom stereocenters. The van der Waals surface area contributed by atoms with Gasteiger partial charge in [-0.1, -0.05) is 5.16 Å². The van der Waals surface area contributed by atoms with Gasteiger partial charge in [0.05, 0.1) is 4.47 Å². The average Bonchev–Trinajstić information content (AvgIpc) is 2.32. The zero-order valence-corrected chi connectivity index (χ0v) is 8.37. The fourth-order valence-corrected chi connectivity index (χ4v) is 1.46. The monoisotopic (exact) mass is 232 g/mol. The second-order valence-electron chi connectivity index (χ2n) is 2.44. The van der Waals surface area contributed by atoms with Crippen molar-refractivity contribution in [2.45, 2.75) is 0 Å². The Balaban J connectivity index is 3.00. The SMILES string of the molecule is CN(C)c1oc(C=NO)cc1Br. The highest BCUT2D eigenvalue weighted by Gasteiger charge is 2.08. The van der Waals surface area contributed by atoms with Gasteiger partial charge in [0, 0.05) is 20.2 Å². The van der Waals surface area contributed by atoms with E-state index in [4.69, 9.17) is 9.62 Å². The number of oxime groups is 1. The van der Waals surface area contributed by atoms with Gasteiger partial charge in [-0.2, -0.15) is 0 Å². The summed E-state index contributed by atoms with van der Waals surface area (Å²) in [6.45, 7) is 0. The first kappa shape index (κ1) is 9.12. The summed E-state index contributed by atoms with van der Waals surface area (Å²) in [7, 11) is 3.73. The van der Waals surface area contributed by atoms with Gasteiger partial charge in [-0.15, -0.1) is 0 Å². The summed E-state index contributed by atoms with van der Waals surface area (Å²) in [5, 5.41) is 11.1. The summed E-state index contributed by atoms with van der Waals surface area (Å²) in [5.41, 5.74) is 0. The quantitative estimate of drug-likeness (QED) is 0.482. The van der Waals surface area contributed by atoms with E-state index in [2.05, 4.69) is 21.1 Å². The number of furan rings is 1. The Kier molecular flexibility index (Phi) is 2.75. The maximum atomic E-state index is 8.24. The Morgan fingerprint density at radius 3 is 2.75 bits per heavy atom. The minimum absolute atomic E-state index is 0.507. The Bertz CT molecular complexity index is 294. The van der Waals surface area contributed by atoms with Gasteiger partial charge in [0.1, 0.15) is 6.21 Å². The van der Waals surface area contributed by atoms with Crippen molar-refractivity contribution in [1.29, 1.82) is 0 Å². The fourth-order valence-electron chi connectivity index (χ4n) is 0.802. The van der Waals surface area contributed by atoms with E-state index >= 15 is 0 Å². The molecule has 0 radical (unpaired) electrons. The minimum atomic E-state index is 0.507. The zero-order chi connectivity index (χ0) is 9.14. The normalized spacial score (nSPS) is 10.9. The number of halogens is 1. The van der Waals surface area contributed by atoms with E-state index in [0.717, 1.165) is 4.47 Å². The van der Waals surface area contributed by atoms with Crippen molar-refractivity contribution in [3.63, 3.8) is 0 Å². The van der Waals surface area contributed by atoms with Gasteiger partial charge in [0.2, 0.25) is 5.88 Å². The molecule has 12 heavy (non-hydrogen) atoms. The number of rotatable bonds is 2. The van der Waals surface area contributed by atoms with E-state index in [1.165, 1.54) is 6.21 Å². The van der Waals surface area contributed by atoms with E-state index in [-0.39, 0.29) is 0 Å². The Hall–Kier alpha value is -0.970. The molecule has 0 amide bonds. The lowest BCUT2D eigenvalue weighted by molar-refractivity contribution is 0.320. The van der Waals surface area contributed by atoms with E-state index < -0.39 is 0 Å². The van der Waals surface area contributed by atoms with E-state index in [0.29, 0.717) is 11.6 Å². The molecule has 1 aromatic heterocycles. The molecule has 0 bridgehead atoms. The van der Waals surface area contributed by atoms with Crippen LogP contribution in [-0.4, -0.2) is 25.5 Å². The van der Waals surface area contributed by atoms with Crippen LogP contribution in [0.4, 0.5) is 5.88 Å². The largest absolute Gasteiger partial charge is 0.438 e. The first-order valence-electron chi connectivity index (χ1n) is 3.29.